The highest BCUT2D eigenvalue weighted by molar-refractivity contribution is 9.10. The number of hydrogen-bond donors (Lipinski definition) is 0. The zero-order valence-corrected chi connectivity index (χ0v) is 10.5. The maximum atomic E-state index is 8.61. The van der Waals surface area contributed by atoms with Gasteiger partial charge >= 0.3 is 0 Å². The van der Waals surface area contributed by atoms with Gasteiger partial charge in [-0.1, -0.05) is 11.8 Å². The molecule has 2 aromatic rings. The minimum absolute atomic E-state index is 0.424. The first-order chi connectivity index (χ1) is 7.78. The molecule has 0 bridgehead atoms. The molecule has 0 spiro atoms. The van der Waals surface area contributed by atoms with Gasteiger partial charge in [-0.2, -0.15) is 5.26 Å². The highest BCUT2D eigenvalue weighted by Gasteiger charge is 1.99. The van der Waals surface area contributed by atoms with Crippen molar-refractivity contribution in [2.45, 2.75) is 9.92 Å². The van der Waals surface area contributed by atoms with Gasteiger partial charge < -0.3 is 0 Å². The smallest absolute Gasteiger partial charge is 0.140 e. The zero-order valence-electron chi connectivity index (χ0n) is 8.09. The molecule has 2 heterocycles. The van der Waals surface area contributed by atoms with Crippen LogP contribution in [0.1, 0.15) is 5.69 Å². The molecule has 2 aromatic heterocycles. The summed E-state index contributed by atoms with van der Waals surface area (Å²) in [5.74, 6) is 0. The van der Waals surface area contributed by atoms with Crippen LogP contribution in [0, 0.1) is 11.3 Å². The second-order valence-corrected chi connectivity index (χ2v) is 4.92. The van der Waals surface area contributed by atoms with E-state index in [2.05, 4.69) is 25.9 Å². The lowest BCUT2D eigenvalue weighted by molar-refractivity contribution is 1.11. The van der Waals surface area contributed by atoms with Crippen LogP contribution in [-0.4, -0.2) is 9.97 Å². The lowest BCUT2D eigenvalue weighted by Gasteiger charge is -2.00. The number of halogens is 1. The number of pyridine rings is 2. The molecular formula is C11H6BrN3S. The van der Waals surface area contributed by atoms with Crippen molar-refractivity contribution in [3.63, 3.8) is 0 Å². The van der Waals surface area contributed by atoms with E-state index in [-0.39, 0.29) is 0 Å². The quantitative estimate of drug-likeness (QED) is 0.852. The molecular weight excluding hydrogens is 286 g/mol. The first-order valence-electron chi connectivity index (χ1n) is 4.43. The van der Waals surface area contributed by atoms with E-state index in [4.69, 9.17) is 5.26 Å². The Kier molecular flexibility index (Phi) is 3.54. The maximum Gasteiger partial charge on any atom is 0.140 e. The van der Waals surface area contributed by atoms with Crippen LogP contribution < -0.4 is 0 Å². The first kappa shape index (κ1) is 11.1. The number of aromatic nitrogens is 2. The molecule has 0 aromatic carbocycles. The SMILES string of the molecule is N#Cc1ccc(Sc2ccc(Br)cn2)cn1. The van der Waals surface area contributed by atoms with Crippen LogP contribution in [0.5, 0.6) is 0 Å². The summed E-state index contributed by atoms with van der Waals surface area (Å²) in [5.41, 5.74) is 0.424. The van der Waals surface area contributed by atoms with Crippen LogP contribution >= 0.6 is 27.7 Å². The molecule has 5 heteroatoms. The van der Waals surface area contributed by atoms with Crippen LogP contribution in [0.3, 0.4) is 0 Å². The van der Waals surface area contributed by atoms with Gasteiger partial charge in [-0.25, -0.2) is 9.97 Å². The zero-order chi connectivity index (χ0) is 11.4. The summed E-state index contributed by atoms with van der Waals surface area (Å²) in [5, 5.41) is 9.51. The molecule has 16 heavy (non-hydrogen) atoms. The normalized spacial score (nSPS) is 9.75. The Morgan fingerprint density at radius 2 is 2.00 bits per heavy atom. The van der Waals surface area contributed by atoms with E-state index in [0.717, 1.165) is 14.4 Å². The summed E-state index contributed by atoms with van der Waals surface area (Å²) in [6.45, 7) is 0. The molecule has 0 radical (unpaired) electrons. The highest BCUT2D eigenvalue weighted by Crippen LogP contribution is 2.25. The van der Waals surface area contributed by atoms with Crippen LogP contribution in [0.15, 0.2) is 51.1 Å². The standard InChI is InChI=1S/C11H6BrN3S/c12-8-1-4-11(15-6-8)16-10-3-2-9(5-13)14-7-10/h1-4,6-7H. The minimum atomic E-state index is 0.424. The Morgan fingerprint density at radius 3 is 2.56 bits per heavy atom. The van der Waals surface area contributed by atoms with E-state index in [1.807, 2.05) is 24.3 Å². The second-order valence-electron chi connectivity index (χ2n) is 2.91. The molecule has 3 nitrogen and oxygen atoms in total. The Labute approximate surface area is 106 Å². The molecule has 0 aliphatic rings. The number of nitriles is 1. The molecule has 0 N–H and O–H groups in total. The third kappa shape index (κ3) is 2.81. The summed E-state index contributed by atoms with van der Waals surface area (Å²) in [7, 11) is 0. The van der Waals surface area contributed by atoms with Crippen molar-refractivity contribution in [1.29, 1.82) is 5.26 Å². The minimum Gasteiger partial charge on any atom is -0.248 e. The van der Waals surface area contributed by atoms with E-state index in [1.54, 1.807) is 18.5 Å². The van der Waals surface area contributed by atoms with E-state index in [9.17, 15) is 0 Å². The number of hydrogen-bond acceptors (Lipinski definition) is 4. The fourth-order valence-corrected chi connectivity index (χ4v) is 2.01. The third-order valence-electron chi connectivity index (χ3n) is 1.77. The number of rotatable bonds is 2. The molecule has 2 rings (SSSR count). The van der Waals surface area contributed by atoms with E-state index in [0.29, 0.717) is 5.69 Å². The van der Waals surface area contributed by atoms with Gasteiger partial charge in [0.25, 0.3) is 0 Å². The van der Waals surface area contributed by atoms with E-state index >= 15 is 0 Å². The molecule has 0 fully saturated rings. The van der Waals surface area contributed by atoms with Gasteiger partial charge in [0.15, 0.2) is 0 Å². The largest absolute Gasteiger partial charge is 0.248 e. The lowest BCUT2D eigenvalue weighted by atomic mass is 10.4. The van der Waals surface area contributed by atoms with Gasteiger partial charge in [-0.15, -0.1) is 0 Å². The monoisotopic (exact) mass is 291 g/mol. The van der Waals surface area contributed by atoms with E-state index in [1.165, 1.54) is 11.8 Å². The fraction of sp³-hybridized carbons (Fsp3) is 0. The topological polar surface area (TPSA) is 49.6 Å². The highest BCUT2D eigenvalue weighted by atomic mass is 79.9. The third-order valence-corrected chi connectivity index (χ3v) is 3.17. The molecule has 0 amide bonds. The molecule has 0 atom stereocenters. The summed E-state index contributed by atoms with van der Waals surface area (Å²) in [4.78, 5) is 9.20. The van der Waals surface area contributed by atoms with Crippen molar-refractivity contribution in [3.05, 3.63) is 46.8 Å². The van der Waals surface area contributed by atoms with Gasteiger partial charge in [0.1, 0.15) is 16.8 Å². The summed E-state index contributed by atoms with van der Waals surface area (Å²) < 4.78 is 0.954. The second kappa shape index (κ2) is 5.10. The molecule has 0 unspecified atom stereocenters. The Bertz CT molecular complexity index is 516. The fourth-order valence-electron chi connectivity index (χ4n) is 1.05. The lowest BCUT2D eigenvalue weighted by Crippen LogP contribution is -1.83. The summed E-state index contributed by atoms with van der Waals surface area (Å²) in [6.07, 6.45) is 3.42. The van der Waals surface area contributed by atoms with Crippen LogP contribution in [-0.2, 0) is 0 Å². The summed E-state index contributed by atoms with van der Waals surface area (Å²) in [6, 6.07) is 9.40. The Balaban J connectivity index is 2.15. The van der Waals surface area contributed by atoms with Gasteiger partial charge in [0.05, 0.1) is 0 Å². The average molecular weight is 292 g/mol. The maximum absolute atomic E-state index is 8.61. The first-order valence-corrected chi connectivity index (χ1v) is 6.04. The van der Waals surface area contributed by atoms with Crippen molar-refractivity contribution in [2.75, 3.05) is 0 Å². The number of nitrogens with zero attached hydrogens (tertiary/aromatic N) is 3. The molecule has 0 saturated heterocycles. The van der Waals surface area contributed by atoms with Crippen LogP contribution in [0.2, 0.25) is 0 Å². The van der Waals surface area contributed by atoms with Crippen molar-refractivity contribution in [2.24, 2.45) is 0 Å². The predicted octanol–water partition coefficient (Wildman–Crippen LogP) is 3.26. The molecule has 0 aliphatic heterocycles. The van der Waals surface area contributed by atoms with Crippen LogP contribution in [0.25, 0.3) is 0 Å². The van der Waals surface area contributed by atoms with Gasteiger partial charge in [-0.3, -0.25) is 0 Å². The van der Waals surface area contributed by atoms with Crippen LogP contribution in [0.4, 0.5) is 0 Å². The van der Waals surface area contributed by atoms with Gasteiger partial charge in [0, 0.05) is 21.8 Å². The predicted molar refractivity (Wildman–Crippen MR) is 65.0 cm³/mol. The van der Waals surface area contributed by atoms with Crippen molar-refractivity contribution >= 4 is 27.7 Å². The van der Waals surface area contributed by atoms with Crippen molar-refractivity contribution in [1.82, 2.24) is 9.97 Å². The van der Waals surface area contributed by atoms with Crippen molar-refractivity contribution < 1.29 is 0 Å². The molecule has 0 saturated carbocycles. The average Bonchev–Trinajstić information content (AvgIpc) is 2.33. The Morgan fingerprint density at radius 1 is 1.12 bits per heavy atom. The van der Waals surface area contributed by atoms with Gasteiger partial charge in [-0.05, 0) is 40.2 Å². The summed E-state index contributed by atoms with van der Waals surface area (Å²) >= 11 is 4.84. The Hall–Kier alpha value is -1.38. The van der Waals surface area contributed by atoms with E-state index < -0.39 is 0 Å². The van der Waals surface area contributed by atoms with Crippen molar-refractivity contribution in [3.8, 4) is 6.07 Å². The molecule has 78 valence electrons. The van der Waals surface area contributed by atoms with Gasteiger partial charge in [0.2, 0.25) is 0 Å². The molecule has 0 aliphatic carbocycles.